The predicted octanol–water partition coefficient (Wildman–Crippen LogP) is 4.99. The molecule has 6 nitrogen and oxygen atoms in total. The molecule has 1 saturated heterocycles. The molecule has 4 amide bonds. The standard InChI is InChI=1S/C27H29N3O3/c1-7-29-23-12-11-19(13-20(23)17(3)15-27(29,5)6)14-21-24(31)28-26(33)30(25(21)32)22-10-8-9-16(2)18(22)4/h8-15H,7H2,1-6H3,(H,28,31,33)/b21-14+. The van der Waals surface area contributed by atoms with Crippen LogP contribution in [0.15, 0.2) is 48.0 Å². The van der Waals surface area contributed by atoms with E-state index in [1.165, 1.54) is 0 Å². The van der Waals surface area contributed by atoms with Crippen LogP contribution in [0.2, 0.25) is 0 Å². The second-order valence-corrected chi connectivity index (χ2v) is 9.18. The summed E-state index contributed by atoms with van der Waals surface area (Å²) in [5.41, 5.74) is 6.13. The van der Waals surface area contributed by atoms with Crippen molar-refractivity contribution in [3.8, 4) is 0 Å². The van der Waals surface area contributed by atoms with E-state index in [0.717, 1.165) is 45.0 Å². The molecule has 0 atom stereocenters. The highest BCUT2D eigenvalue weighted by Crippen LogP contribution is 2.39. The van der Waals surface area contributed by atoms with E-state index in [0.29, 0.717) is 5.69 Å². The summed E-state index contributed by atoms with van der Waals surface area (Å²) in [6, 6.07) is 10.6. The van der Waals surface area contributed by atoms with Crippen LogP contribution in [0.1, 0.15) is 49.9 Å². The first kappa shape index (κ1) is 22.5. The SMILES string of the molecule is CCN1c2ccc(/C=C3\C(=O)NC(=O)N(c4cccc(C)c4C)C3=O)cc2C(C)=CC1(C)C. The molecule has 0 aliphatic carbocycles. The van der Waals surface area contributed by atoms with Crippen molar-refractivity contribution in [1.82, 2.24) is 5.32 Å². The number of barbiturate groups is 1. The maximum absolute atomic E-state index is 13.3. The quantitative estimate of drug-likeness (QED) is 0.536. The highest BCUT2D eigenvalue weighted by molar-refractivity contribution is 6.39. The molecule has 0 saturated carbocycles. The Kier molecular flexibility index (Phi) is 5.48. The highest BCUT2D eigenvalue weighted by atomic mass is 16.2. The maximum Gasteiger partial charge on any atom is 0.335 e. The zero-order valence-corrected chi connectivity index (χ0v) is 19.9. The molecule has 2 aromatic rings. The summed E-state index contributed by atoms with van der Waals surface area (Å²) in [5.74, 6) is -1.31. The number of imide groups is 2. The van der Waals surface area contributed by atoms with E-state index < -0.39 is 17.8 Å². The summed E-state index contributed by atoms with van der Waals surface area (Å²) < 4.78 is 0. The first-order chi connectivity index (χ1) is 15.5. The van der Waals surface area contributed by atoms with Crippen LogP contribution in [0.25, 0.3) is 11.6 Å². The summed E-state index contributed by atoms with van der Waals surface area (Å²) in [7, 11) is 0. The van der Waals surface area contributed by atoms with Crippen LogP contribution in [0.4, 0.5) is 16.2 Å². The lowest BCUT2D eigenvalue weighted by Gasteiger charge is -2.42. The third kappa shape index (κ3) is 3.75. The lowest BCUT2D eigenvalue weighted by molar-refractivity contribution is -0.122. The van der Waals surface area contributed by atoms with Crippen molar-refractivity contribution in [1.29, 1.82) is 0 Å². The molecule has 1 fully saturated rings. The lowest BCUT2D eigenvalue weighted by atomic mass is 9.88. The Hall–Kier alpha value is -3.67. The van der Waals surface area contributed by atoms with Gasteiger partial charge in [0.05, 0.1) is 11.2 Å². The van der Waals surface area contributed by atoms with Gasteiger partial charge < -0.3 is 4.90 Å². The first-order valence-corrected chi connectivity index (χ1v) is 11.1. The smallest absolute Gasteiger partial charge is 0.335 e. The van der Waals surface area contributed by atoms with Crippen molar-refractivity contribution in [2.75, 3.05) is 16.3 Å². The second-order valence-electron chi connectivity index (χ2n) is 9.18. The maximum atomic E-state index is 13.3. The van der Waals surface area contributed by atoms with Crippen LogP contribution in [-0.4, -0.2) is 29.9 Å². The van der Waals surface area contributed by atoms with E-state index in [9.17, 15) is 14.4 Å². The number of hydrogen-bond donors (Lipinski definition) is 1. The minimum absolute atomic E-state index is 0.0689. The molecule has 2 aliphatic rings. The third-order valence-corrected chi connectivity index (χ3v) is 6.55. The van der Waals surface area contributed by atoms with Gasteiger partial charge in [0.2, 0.25) is 0 Å². The molecule has 2 aromatic carbocycles. The molecule has 170 valence electrons. The fourth-order valence-corrected chi connectivity index (χ4v) is 4.79. The van der Waals surface area contributed by atoms with Gasteiger partial charge in [-0.15, -0.1) is 0 Å². The molecule has 0 radical (unpaired) electrons. The van der Waals surface area contributed by atoms with Crippen LogP contribution in [0, 0.1) is 13.8 Å². The van der Waals surface area contributed by atoms with Gasteiger partial charge in [-0.1, -0.05) is 24.3 Å². The topological polar surface area (TPSA) is 69.7 Å². The van der Waals surface area contributed by atoms with Crippen molar-refractivity contribution < 1.29 is 14.4 Å². The number of nitrogens with zero attached hydrogens (tertiary/aromatic N) is 2. The van der Waals surface area contributed by atoms with Gasteiger partial charge >= 0.3 is 6.03 Å². The van der Waals surface area contributed by atoms with Gasteiger partial charge in [-0.25, -0.2) is 9.69 Å². The average molecular weight is 444 g/mol. The minimum atomic E-state index is -0.735. The van der Waals surface area contributed by atoms with Gasteiger partial charge in [0.1, 0.15) is 5.57 Å². The number of carbonyl (C=O) groups excluding carboxylic acids is 3. The number of carbonyl (C=O) groups is 3. The Morgan fingerprint density at radius 2 is 1.73 bits per heavy atom. The zero-order valence-electron chi connectivity index (χ0n) is 19.9. The Labute approximate surface area is 194 Å². The Morgan fingerprint density at radius 3 is 2.42 bits per heavy atom. The van der Waals surface area contributed by atoms with Crippen LogP contribution in [0.3, 0.4) is 0 Å². The van der Waals surface area contributed by atoms with Crippen LogP contribution in [0.5, 0.6) is 0 Å². The monoisotopic (exact) mass is 443 g/mol. The fraction of sp³-hybridized carbons (Fsp3) is 0.296. The van der Waals surface area contributed by atoms with Gasteiger partial charge in [-0.2, -0.15) is 0 Å². The summed E-state index contributed by atoms with van der Waals surface area (Å²) in [6.45, 7) is 13.2. The Balaban J connectivity index is 1.77. The predicted molar refractivity (Wildman–Crippen MR) is 132 cm³/mol. The fourth-order valence-electron chi connectivity index (χ4n) is 4.79. The Bertz CT molecular complexity index is 1250. The highest BCUT2D eigenvalue weighted by Gasteiger charge is 2.37. The van der Waals surface area contributed by atoms with Crippen molar-refractivity contribution >= 4 is 40.9 Å². The molecule has 4 rings (SSSR count). The largest absolute Gasteiger partial charge is 0.363 e. The Morgan fingerprint density at radius 1 is 1.00 bits per heavy atom. The number of aryl methyl sites for hydroxylation is 1. The molecule has 1 N–H and O–H groups in total. The number of benzene rings is 2. The van der Waals surface area contributed by atoms with Crippen molar-refractivity contribution in [3.63, 3.8) is 0 Å². The molecule has 6 heteroatoms. The summed E-state index contributed by atoms with van der Waals surface area (Å²) >= 11 is 0. The molecule has 0 aromatic heterocycles. The number of fused-ring (bicyclic) bond motifs is 1. The van der Waals surface area contributed by atoms with Crippen molar-refractivity contribution in [3.05, 3.63) is 70.3 Å². The van der Waals surface area contributed by atoms with E-state index in [1.54, 1.807) is 18.2 Å². The normalized spacial score (nSPS) is 18.9. The first-order valence-electron chi connectivity index (χ1n) is 11.1. The number of urea groups is 1. The van der Waals surface area contributed by atoms with Crippen molar-refractivity contribution in [2.24, 2.45) is 0 Å². The number of likely N-dealkylation sites (N-methyl/N-ethyl adjacent to an activating group) is 1. The van der Waals surface area contributed by atoms with Gasteiger partial charge in [0.15, 0.2) is 0 Å². The molecule has 2 heterocycles. The van der Waals surface area contributed by atoms with Crippen LogP contribution < -0.4 is 15.1 Å². The number of amides is 4. The number of anilines is 2. The van der Waals surface area contributed by atoms with E-state index >= 15 is 0 Å². The van der Waals surface area contributed by atoms with Gasteiger partial charge in [0, 0.05) is 17.8 Å². The minimum Gasteiger partial charge on any atom is -0.363 e. The molecule has 0 unspecified atom stereocenters. The van der Waals surface area contributed by atoms with E-state index in [-0.39, 0.29) is 11.1 Å². The van der Waals surface area contributed by atoms with E-state index in [4.69, 9.17) is 0 Å². The number of hydrogen-bond acceptors (Lipinski definition) is 4. The molecule has 0 spiro atoms. The van der Waals surface area contributed by atoms with Crippen molar-refractivity contribution in [2.45, 2.75) is 47.1 Å². The summed E-state index contributed by atoms with van der Waals surface area (Å²) in [4.78, 5) is 41.9. The zero-order chi connectivity index (χ0) is 24.1. The number of allylic oxidation sites excluding steroid dienone is 1. The molecule has 0 bridgehead atoms. The third-order valence-electron chi connectivity index (χ3n) is 6.55. The number of rotatable bonds is 3. The number of nitrogens with one attached hydrogen (secondary N) is 1. The van der Waals surface area contributed by atoms with Crippen LogP contribution in [-0.2, 0) is 9.59 Å². The average Bonchev–Trinajstić information content (AvgIpc) is 2.74. The lowest BCUT2D eigenvalue weighted by Crippen LogP contribution is -2.54. The van der Waals surface area contributed by atoms with E-state index in [1.807, 2.05) is 38.1 Å². The van der Waals surface area contributed by atoms with Crippen LogP contribution >= 0.6 is 0 Å². The van der Waals surface area contributed by atoms with Gasteiger partial charge in [-0.05, 0) is 88.1 Å². The molecule has 2 aliphatic heterocycles. The van der Waals surface area contributed by atoms with Gasteiger partial charge in [0.25, 0.3) is 11.8 Å². The summed E-state index contributed by atoms with van der Waals surface area (Å²) in [6.07, 6.45) is 3.79. The van der Waals surface area contributed by atoms with Gasteiger partial charge in [-0.3, -0.25) is 14.9 Å². The molecule has 33 heavy (non-hydrogen) atoms. The molecular formula is C27H29N3O3. The summed E-state index contributed by atoms with van der Waals surface area (Å²) in [5, 5.41) is 2.31. The van der Waals surface area contributed by atoms with E-state index in [2.05, 4.69) is 44.0 Å². The molecular weight excluding hydrogens is 414 g/mol. The second kappa shape index (κ2) is 8.03.